The number of carbonyl (C=O) groups is 3. The van der Waals surface area contributed by atoms with Crippen molar-refractivity contribution < 1.29 is 14.4 Å². The van der Waals surface area contributed by atoms with Crippen molar-refractivity contribution >= 4 is 17.7 Å². The Morgan fingerprint density at radius 3 is 2.74 bits per heavy atom. The van der Waals surface area contributed by atoms with Gasteiger partial charge in [-0.05, 0) is 25.7 Å². The van der Waals surface area contributed by atoms with Crippen molar-refractivity contribution in [2.45, 2.75) is 45.1 Å². The van der Waals surface area contributed by atoms with Gasteiger partial charge in [0.1, 0.15) is 6.04 Å². The summed E-state index contributed by atoms with van der Waals surface area (Å²) in [5.74, 6) is -0.150. The highest BCUT2D eigenvalue weighted by Crippen LogP contribution is 2.22. The second-order valence-electron chi connectivity index (χ2n) is 6.32. The van der Waals surface area contributed by atoms with E-state index in [1.807, 2.05) is 6.92 Å². The number of hydrogen-bond donors (Lipinski definition) is 2. The molecule has 130 valence electrons. The summed E-state index contributed by atoms with van der Waals surface area (Å²) in [6.45, 7) is 4.58. The standard InChI is InChI=1S/C16H28N4O3/c1-2-13(20-10-4-6-14(20)21)16(23)19-9-3-5-12(11-19)15(22)18-8-7-17/h12-13H,2-11,17H2,1H3,(H,18,22). The van der Waals surface area contributed by atoms with Crippen LogP contribution in [0.25, 0.3) is 0 Å². The molecule has 0 aromatic heterocycles. The molecule has 0 aliphatic carbocycles. The van der Waals surface area contributed by atoms with Crippen LogP contribution in [-0.4, -0.2) is 66.3 Å². The zero-order valence-electron chi connectivity index (χ0n) is 13.9. The Bertz CT molecular complexity index is 455. The van der Waals surface area contributed by atoms with Crippen molar-refractivity contribution in [1.29, 1.82) is 0 Å². The first-order chi connectivity index (χ1) is 11.1. The van der Waals surface area contributed by atoms with Crippen molar-refractivity contribution in [1.82, 2.24) is 15.1 Å². The zero-order valence-corrected chi connectivity index (χ0v) is 13.9. The second kappa shape index (κ2) is 8.29. The minimum Gasteiger partial charge on any atom is -0.355 e. The highest BCUT2D eigenvalue weighted by Gasteiger charge is 2.36. The third-order valence-corrected chi connectivity index (χ3v) is 4.71. The number of nitrogens with zero attached hydrogens (tertiary/aromatic N) is 2. The molecular formula is C16H28N4O3. The van der Waals surface area contributed by atoms with Gasteiger partial charge in [-0.1, -0.05) is 6.92 Å². The lowest BCUT2D eigenvalue weighted by molar-refractivity contribution is -0.146. The number of nitrogens with one attached hydrogen (secondary N) is 1. The third-order valence-electron chi connectivity index (χ3n) is 4.71. The molecule has 23 heavy (non-hydrogen) atoms. The number of nitrogens with two attached hydrogens (primary N) is 1. The van der Waals surface area contributed by atoms with E-state index in [0.717, 1.165) is 19.3 Å². The lowest BCUT2D eigenvalue weighted by Gasteiger charge is -2.36. The van der Waals surface area contributed by atoms with Gasteiger partial charge in [0, 0.05) is 39.1 Å². The lowest BCUT2D eigenvalue weighted by atomic mass is 9.96. The topological polar surface area (TPSA) is 95.7 Å². The SMILES string of the molecule is CCC(C(=O)N1CCCC(C(=O)NCCN)C1)N1CCCC1=O. The van der Waals surface area contributed by atoms with E-state index in [1.165, 1.54) is 0 Å². The largest absolute Gasteiger partial charge is 0.355 e. The molecule has 2 rings (SSSR count). The quantitative estimate of drug-likeness (QED) is 0.701. The van der Waals surface area contributed by atoms with Gasteiger partial charge in [-0.25, -0.2) is 0 Å². The van der Waals surface area contributed by atoms with Gasteiger partial charge < -0.3 is 20.9 Å². The Labute approximate surface area is 137 Å². The predicted octanol–water partition coefficient (Wildman–Crippen LogP) is -0.299. The summed E-state index contributed by atoms with van der Waals surface area (Å²) in [6, 6.07) is -0.379. The van der Waals surface area contributed by atoms with Crippen LogP contribution in [0.3, 0.4) is 0 Å². The van der Waals surface area contributed by atoms with E-state index < -0.39 is 0 Å². The summed E-state index contributed by atoms with van der Waals surface area (Å²) in [6.07, 6.45) is 3.59. The molecule has 3 N–H and O–H groups in total. The Kier molecular flexibility index (Phi) is 6.38. The molecule has 7 heteroatoms. The van der Waals surface area contributed by atoms with Crippen LogP contribution < -0.4 is 11.1 Å². The maximum absolute atomic E-state index is 12.8. The van der Waals surface area contributed by atoms with Crippen molar-refractivity contribution in [3.8, 4) is 0 Å². The van der Waals surface area contributed by atoms with Gasteiger partial charge in [0.2, 0.25) is 17.7 Å². The summed E-state index contributed by atoms with van der Waals surface area (Å²) in [7, 11) is 0. The molecule has 0 spiro atoms. The monoisotopic (exact) mass is 324 g/mol. The molecular weight excluding hydrogens is 296 g/mol. The average molecular weight is 324 g/mol. The Balaban J connectivity index is 1.97. The van der Waals surface area contributed by atoms with Gasteiger partial charge in [0.05, 0.1) is 5.92 Å². The highest BCUT2D eigenvalue weighted by molar-refractivity contribution is 5.89. The van der Waals surface area contributed by atoms with Crippen LogP contribution in [-0.2, 0) is 14.4 Å². The van der Waals surface area contributed by atoms with Crippen molar-refractivity contribution in [3.05, 3.63) is 0 Å². The maximum atomic E-state index is 12.8. The third kappa shape index (κ3) is 4.22. The molecule has 3 amide bonds. The zero-order chi connectivity index (χ0) is 16.8. The number of carbonyl (C=O) groups excluding carboxylic acids is 3. The van der Waals surface area contributed by atoms with Gasteiger partial charge in [0.15, 0.2) is 0 Å². The number of amides is 3. The van der Waals surface area contributed by atoms with Crippen LogP contribution in [0.2, 0.25) is 0 Å². The molecule has 0 saturated carbocycles. The van der Waals surface area contributed by atoms with E-state index in [4.69, 9.17) is 5.73 Å². The highest BCUT2D eigenvalue weighted by atomic mass is 16.2. The van der Waals surface area contributed by atoms with Gasteiger partial charge in [-0.15, -0.1) is 0 Å². The minimum absolute atomic E-state index is 0.0147. The van der Waals surface area contributed by atoms with Gasteiger partial charge >= 0.3 is 0 Å². The van der Waals surface area contributed by atoms with E-state index >= 15 is 0 Å². The molecule has 0 aromatic carbocycles. The molecule has 0 radical (unpaired) electrons. The fourth-order valence-corrected chi connectivity index (χ4v) is 3.47. The van der Waals surface area contributed by atoms with Crippen molar-refractivity contribution in [2.24, 2.45) is 11.7 Å². The summed E-state index contributed by atoms with van der Waals surface area (Å²) in [5.41, 5.74) is 5.41. The fraction of sp³-hybridized carbons (Fsp3) is 0.812. The molecule has 2 fully saturated rings. The molecule has 2 unspecified atom stereocenters. The van der Waals surface area contributed by atoms with Crippen LogP contribution in [0, 0.1) is 5.92 Å². The van der Waals surface area contributed by atoms with Crippen LogP contribution >= 0.6 is 0 Å². The van der Waals surface area contributed by atoms with Gasteiger partial charge in [0.25, 0.3) is 0 Å². The summed E-state index contributed by atoms with van der Waals surface area (Å²) in [4.78, 5) is 40.3. The molecule has 7 nitrogen and oxygen atoms in total. The van der Waals surface area contributed by atoms with Crippen LogP contribution in [0.4, 0.5) is 0 Å². The Morgan fingerprint density at radius 2 is 2.13 bits per heavy atom. The Hall–Kier alpha value is -1.63. The maximum Gasteiger partial charge on any atom is 0.245 e. The molecule has 2 aliphatic heterocycles. The molecule has 0 aromatic rings. The molecule has 2 atom stereocenters. The first-order valence-electron chi connectivity index (χ1n) is 8.64. The number of likely N-dealkylation sites (tertiary alicyclic amines) is 2. The molecule has 2 saturated heterocycles. The van der Waals surface area contributed by atoms with E-state index in [9.17, 15) is 14.4 Å². The number of piperidine rings is 1. The van der Waals surface area contributed by atoms with Crippen LogP contribution in [0.1, 0.15) is 39.0 Å². The molecule has 2 heterocycles. The normalized spacial score (nSPS) is 23.0. The van der Waals surface area contributed by atoms with Crippen LogP contribution in [0.5, 0.6) is 0 Å². The summed E-state index contributed by atoms with van der Waals surface area (Å²) >= 11 is 0. The first kappa shape index (κ1) is 17.7. The minimum atomic E-state index is -0.379. The number of rotatable bonds is 6. The Morgan fingerprint density at radius 1 is 1.35 bits per heavy atom. The fourth-order valence-electron chi connectivity index (χ4n) is 3.47. The smallest absolute Gasteiger partial charge is 0.245 e. The van der Waals surface area contributed by atoms with Crippen LogP contribution in [0.15, 0.2) is 0 Å². The van der Waals surface area contributed by atoms with Crippen molar-refractivity contribution in [2.75, 3.05) is 32.7 Å². The van der Waals surface area contributed by atoms with Crippen molar-refractivity contribution in [3.63, 3.8) is 0 Å². The molecule has 0 bridgehead atoms. The van der Waals surface area contributed by atoms with Gasteiger partial charge in [-0.2, -0.15) is 0 Å². The average Bonchev–Trinajstić information content (AvgIpc) is 2.99. The van der Waals surface area contributed by atoms with E-state index in [0.29, 0.717) is 45.6 Å². The van der Waals surface area contributed by atoms with Gasteiger partial charge in [-0.3, -0.25) is 14.4 Å². The van der Waals surface area contributed by atoms with E-state index in [-0.39, 0.29) is 29.7 Å². The summed E-state index contributed by atoms with van der Waals surface area (Å²) < 4.78 is 0. The first-order valence-corrected chi connectivity index (χ1v) is 8.64. The lowest BCUT2D eigenvalue weighted by Crippen LogP contribution is -2.53. The van der Waals surface area contributed by atoms with E-state index in [1.54, 1.807) is 9.80 Å². The summed E-state index contributed by atoms with van der Waals surface area (Å²) in [5, 5.41) is 2.80. The second-order valence-corrected chi connectivity index (χ2v) is 6.32. The predicted molar refractivity (Wildman–Crippen MR) is 86.4 cm³/mol. The van der Waals surface area contributed by atoms with E-state index in [2.05, 4.69) is 5.32 Å². The molecule has 2 aliphatic rings. The number of hydrogen-bond acceptors (Lipinski definition) is 4.